The van der Waals surface area contributed by atoms with Crippen LogP contribution in [0.25, 0.3) is 0 Å². The summed E-state index contributed by atoms with van der Waals surface area (Å²) in [5.41, 5.74) is 1.51. The van der Waals surface area contributed by atoms with Crippen molar-refractivity contribution in [3.05, 3.63) is 72.1 Å². The molecule has 0 bridgehead atoms. The molecular weight excluding hydrogens is 278 g/mol. The molecule has 1 unspecified atom stereocenters. The number of hydrogen-bond donors (Lipinski definition) is 1. The molecule has 6 nitrogen and oxygen atoms in total. The van der Waals surface area contributed by atoms with E-state index in [-0.39, 0.29) is 11.9 Å². The Morgan fingerprint density at radius 3 is 2.59 bits per heavy atom. The van der Waals surface area contributed by atoms with Gasteiger partial charge in [-0.05, 0) is 5.56 Å². The number of amides is 1. The third-order valence-corrected chi connectivity index (χ3v) is 3.49. The van der Waals surface area contributed by atoms with Gasteiger partial charge in [0, 0.05) is 32.7 Å². The zero-order chi connectivity index (χ0) is 15.5. The zero-order valence-electron chi connectivity index (χ0n) is 12.5. The van der Waals surface area contributed by atoms with Crippen molar-refractivity contribution in [2.45, 2.75) is 6.04 Å². The Morgan fingerprint density at radius 2 is 2.00 bits per heavy atom. The van der Waals surface area contributed by atoms with Crippen molar-refractivity contribution in [2.75, 3.05) is 0 Å². The van der Waals surface area contributed by atoms with E-state index in [0.717, 1.165) is 11.4 Å². The highest BCUT2D eigenvalue weighted by molar-refractivity contribution is 5.94. The van der Waals surface area contributed by atoms with Crippen LogP contribution in [-0.2, 0) is 14.1 Å². The molecule has 1 aromatic carbocycles. The van der Waals surface area contributed by atoms with Crippen molar-refractivity contribution in [1.82, 2.24) is 24.6 Å². The molecule has 3 rings (SSSR count). The number of benzene rings is 1. The van der Waals surface area contributed by atoms with E-state index >= 15 is 0 Å². The van der Waals surface area contributed by atoms with Crippen LogP contribution in [0.4, 0.5) is 0 Å². The minimum absolute atomic E-state index is 0.176. The lowest BCUT2D eigenvalue weighted by Crippen LogP contribution is -2.30. The first-order valence-electron chi connectivity index (χ1n) is 6.97. The van der Waals surface area contributed by atoms with Gasteiger partial charge in [-0.15, -0.1) is 0 Å². The molecule has 1 amide bonds. The summed E-state index contributed by atoms with van der Waals surface area (Å²) in [6.45, 7) is 0. The van der Waals surface area contributed by atoms with E-state index in [0.29, 0.717) is 5.56 Å². The summed E-state index contributed by atoms with van der Waals surface area (Å²) < 4.78 is 3.51. The van der Waals surface area contributed by atoms with E-state index in [1.807, 2.05) is 48.1 Å². The fourth-order valence-corrected chi connectivity index (χ4v) is 2.35. The summed E-state index contributed by atoms with van der Waals surface area (Å²) >= 11 is 0. The van der Waals surface area contributed by atoms with Gasteiger partial charge in [-0.3, -0.25) is 9.48 Å². The van der Waals surface area contributed by atoms with Crippen LogP contribution >= 0.6 is 0 Å². The molecule has 1 N–H and O–H groups in total. The number of rotatable bonds is 4. The number of aromatic nitrogens is 4. The molecule has 3 aromatic rings. The first-order valence-corrected chi connectivity index (χ1v) is 6.97. The highest BCUT2D eigenvalue weighted by atomic mass is 16.1. The number of nitrogens with one attached hydrogen (secondary N) is 1. The van der Waals surface area contributed by atoms with E-state index in [2.05, 4.69) is 15.4 Å². The summed E-state index contributed by atoms with van der Waals surface area (Å²) in [4.78, 5) is 16.8. The number of nitrogens with zero attached hydrogens (tertiary/aromatic N) is 4. The second-order valence-corrected chi connectivity index (χ2v) is 5.12. The number of aryl methyl sites for hydroxylation is 2. The van der Waals surface area contributed by atoms with Gasteiger partial charge in [-0.25, -0.2) is 4.98 Å². The smallest absolute Gasteiger partial charge is 0.255 e. The highest BCUT2D eigenvalue weighted by Gasteiger charge is 2.21. The van der Waals surface area contributed by atoms with E-state index in [1.165, 1.54) is 0 Å². The predicted molar refractivity (Wildman–Crippen MR) is 82.2 cm³/mol. The Labute approximate surface area is 128 Å². The lowest BCUT2D eigenvalue weighted by Gasteiger charge is -2.18. The van der Waals surface area contributed by atoms with Gasteiger partial charge in [0.05, 0.1) is 11.8 Å². The molecule has 6 heteroatoms. The van der Waals surface area contributed by atoms with Crippen molar-refractivity contribution < 1.29 is 4.79 Å². The maximum Gasteiger partial charge on any atom is 0.255 e. The third kappa shape index (κ3) is 2.76. The summed E-state index contributed by atoms with van der Waals surface area (Å²) in [6.07, 6.45) is 6.83. The van der Waals surface area contributed by atoms with Crippen LogP contribution < -0.4 is 5.32 Å². The van der Waals surface area contributed by atoms with E-state index < -0.39 is 0 Å². The summed E-state index contributed by atoms with van der Waals surface area (Å²) in [5.74, 6) is 0.605. The molecule has 0 spiro atoms. The standard InChI is InChI=1S/C16H17N5O/c1-20-9-8-17-15(20)14(12-6-4-3-5-7-12)19-16(22)13-10-18-21(2)11-13/h3-11,14H,1-2H3,(H,19,22). The Kier molecular flexibility index (Phi) is 3.74. The molecule has 1 atom stereocenters. The molecule has 0 fully saturated rings. The van der Waals surface area contributed by atoms with Crippen LogP contribution in [0, 0.1) is 0 Å². The summed E-state index contributed by atoms with van der Waals surface area (Å²) in [5, 5.41) is 7.06. The van der Waals surface area contributed by atoms with Gasteiger partial charge in [-0.2, -0.15) is 5.10 Å². The van der Waals surface area contributed by atoms with E-state index in [9.17, 15) is 4.79 Å². The summed E-state index contributed by atoms with van der Waals surface area (Å²) in [6, 6.07) is 9.48. The zero-order valence-corrected chi connectivity index (χ0v) is 12.5. The van der Waals surface area contributed by atoms with Gasteiger partial charge in [0.25, 0.3) is 5.91 Å². The number of carbonyl (C=O) groups is 1. The van der Waals surface area contributed by atoms with Gasteiger partial charge < -0.3 is 9.88 Å². The topological polar surface area (TPSA) is 64.7 Å². The molecule has 0 saturated heterocycles. The van der Waals surface area contributed by atoms with Crippen LogP contribution in [0.3, 0.4) is 0 Å². The Morgan fingerprint density at radius 1 is 1.23 bits per heavy atom. The van der Waals surface area contributed by atoms with Crippen LogP contribution in [0.2, 0.25) is 0 Å². The number of carbonyl (C=O) groups excluding carboxylic acids is 1. The minimum atomic E-state index is -0.311. The molecule has 0 aliphatic rings. The minimum Gasteiger partial charge on any atom is -0.338 e. The van der Waals surface area contributed by atoms with Crippen molar-refractivity contribution in [3.8, 4) is 0 Å². The third-order valence-electron chi connectivity index (χ3n) is 3.49. The maximum absolute atomic E-state index is 12.4. The first kappa shape index (κ1) is 14.1. The quantitative estimate of drug-likeness (QED) is 0.796. The molecular formula is C16H17N5O. The molecule has 0 aliphatic carbocycles. The van der Waals surface area contributed by atoms with Gasteiger partial charge in [0.15, 0.2) is 0 Å². The second kappa shape index (κ2) is 5.85. The first-order chi connectivity index (χ1) is 10.6. The molecule has 0 radical (unpaired) electrons. The van der Waals surface area contributed by atoms with Crippen molar-refractivity contribution in [3.63, 3.8) is 0 Å². The Balaban J connectivity index is 1.93. The fraction of sp³-hybridized carbons (Fsp3) is 0.188. The Hall–Kier alpha value is -2.89. The lowest BCUT2D eigenvalue weighted by molar-refractivity contribution is 0.0941. The summed E-state index contributed by atoms with van der Waals surface area (Å²) in [7, 11) is 3.69. The lowest BCUT2D eigenvalue weighted by atomic mass is 10.1. The monoisotopic (exact) mass is 295 g/mol. The average molecular weight is 295 g/mol. The molecule has 22 heavy (non-hydrogen) atoms. The van der Waals surface area contributed by atoms with Crippen LogP contribution in [0.5, 0.6) is 0 Å². The van der Waals surface area contributed by atoms with Gasteiger partial charge in [-0.1, -0.05) is 30.3 Å². The molecule has 112 valence electrons. The van der Waals surface area contributed by atoms with Gasteiger partial charge in [0.2, 0.25) is 0 Å². The molecule has 2 heterocycles. The fourth-order valence-electron chi connectivity index (χ4n) is 2.35. The Bertz CT molecular complexity index is 775. The average Bonchev–Trinajstić information content (AvgIpc) is 3.14. The normalized spacial score (nSPS) is 12.1. The van der Waals surface area contributed by atoms with E-state index in [1.54, 1.807) is 30.3 Å². The van der Waals surface area contributed by atoms with E-state index in [4.69, 9.17) is 0 Å². The molecule has 0 saturated carbocycles. The van der Waals surface area contributed by atoms with Crippen LogP contribution in [0.1, 0.15) is 27.8 Å². The van der Waals surface area contributed by atoms with Gasteiger partial charge >= 0.3 is 0 Å². The van der Waals surface area contributed by atoms with Crippen molar-refractivity contribution in [1.29, 1.82) is 0 Å². The number of hydrogen-bond acceptors (Lipinski definition) is 3. The van der Waals surface area contributed by atoms with Gasteiger partial charge in [0.1, 0.15) is 11.9 Å². The van der Waals surface area contributed by atoms with Crippen molar-refractivity contribution >= 4 is 5.91 Å². The van der Waals surface area contributed by atoms with Crippen LogP contribution in [0.15, 0.2) is 55.1 Å². The molecule has 2 aromatic heterocycles. The molecule has 0 aliphatic heterocycles. The SMILES string of the molecule is Cn1cc(C(=O)NC(c2ccccc2)c2nccn2C)cn1. The van der Waals surface area contributed by atoms with Crippen LogP contribution in [-0.4, -0.2) is 25.2 Å². The highest BCUT2D eigenvalue weighted by Crippen LogP contribution is 2.20. The predicted octanol–water partition coefficient (Wildman–Crippen LogP) is 1.67. The maximum atomic E-state index is 12.4. The number of imidazole rings is 1. The van der Waals surface area contributed by atoms with Crippen molar-refractivity contribution in [2.24, 2.45) is 14.1 Å². The largest absolute Gasteiger partial charge is 0.338 e. The second-order valence-electron chi connectivity index (χ2n) is 5.12.